The number of nitrogens with zero attached hydrogens (tertiary/aromatic N) is 2. The number of benzene rings is 1. The van der Waals surface area contributed by atoms with Gasteiger partial charge < -0.3 is 14.2 Å². The van der Waals surface area contributed by atoms with Crippen molar-refractivity contribution in [2.45, 2.75) is 24.3 Å². The van der Waals surface area contributed by atoms with Crippen LogP contribution in [-0.4, -0.2) is 40.3 Å². The maximum Gasteiger partial charge on any atom is 0.254 e. The van der Waals surface area contributed by atoms with Crippen LogP contribution in [0.3, 0.4) is 0 Å². The fourth-order valence-electron chi connectivity index (χ4n) is 2.64. The van der Waals surface area contributed by atoms with E-state index in [0.717, 1.165) is 11.4 Å². The van der Waals surface area contributed by atoms with E-state index < -0.39 is 0 Å². The highest BCUT2D eigenvalue weighted by atomic mass is 32.2. The first-order valence-corrected chi connectivity index (χ1v) is 9.31. The van der Waals surface area contributed by atoms with Gasteiger partial charge in [-0.05, 0) is 25.1 Å². The summed E-state index contributed by atoms with van der Waals surface area (Å²) in [5.74, 6) is 1.51. The van der Waals surface area contributed by atoms with Crippen LogP contribution in [0.25, 0.3) is 0 Å². The third kappa shape index (κ3) is 4.45. The van der Waals surface area contributed by atoms with E-state index in [0.29, 0.717) is 25.3 Å². The summed E-state index contributed by atoms with van der Waals surface area (Å²) in [4.78, 5) is 26.9. The van der Waals surface area contributed by atoms with Gasteiger partial charge in [0.05, 0.1) is 13.1 Å². The highest BCUT2D eigenvalue weighted by molar-refractivity contribution is 7.99. The minimum absolute atomic E-state index is 0.0303. The molecule has 25 heavy (non-hydrogen) atoms. The molecule has 2 heterocycles. The lowest BCUT2D eigenvalue weighted by atomic mass is 10.1. The van der Waals surface area contributed by atoms with Crippen molar-refractivity contribution < 1.29 is 9.53 Å². The Bertz CT molecular complexity index is 798. The number of rotatable bonds is 6. The Labute approximate surface area is 151 Å². The van der Waals surface area contributed by atoms with Crippen LogP contribution in [0.1, 0.15) is 12.1 Å². The monoisotopic (exact) mass is 358 g/mol. The fourth-order valence-corrected chi connectivity index (χ4v) is 3.51. The van der Waals surface area contributed by atoms with Gasteiger partial charge in [-0.2, -0.15) is 0 Å². The third-order valence-corrected chi connectivity index (χ3v) is 5.32. The molecular weight excluding hydrogens is 336 g/mol. The summed E-state index contributed by atoms with van der Waals surface area (Å²) < 4.78 is 7.39. The molecule has 1 aromatic heterocycles. The predicted octanol–water partition coefficient (Wildman–Crippen LogP) is 2.47. The number of thioether (sulfide) groups is 1. The van der Waals surface area contributed by atoms with Gasteiger partial charge in [0.1, 0.15) is 11.9 Å². The Morgan fingerprint density at radius 3 is 2.64 bits per heavy atom. The van der Waals surface area contributed by atoms with Gasteiger partial charge in [0.25, 0.3) is 5.56 Å². The number of carbonyl (C=O) groups excluding carboxylic acids is 1. The van der Waals surface area contributed by atoms with Crippen molar-refractivity contribution in [1.29, 1.82) is 0 Å². The molecule has 0 N–H and O–H groups in total. The summed E-state index contributed by atoms with van der Waals surface area (Å²) in [6, 6.07) is 13.4. The van der Waals surface area contributed by atoms with Crippen LogP contribution < -0.4 is 10.3 Å². The van der Waals surface area contributed by atoms with E-state index >= 15 is 0 Å². The molecule has 132 valence electrons. The maximum absolute atomic E-state index is 12.2. The van der Waals surface area contributed by atoms with Crippen LogP contribution in [-0.2, 0) is 11.8 Å². The van der Waals surface area contributed by atoms with E-state index in [1.807, 2.05) is 36.1 Å². The number of hydrogen-bond donors (Lipinski definition) is 0. The lowest BCUT2D eigenvalue weighted by Crippen LogP contribution is -2.56. The maximum atomic E-state index is 12.2. The van der Waals surface area contributed by atoms with Crippen LogP contribution in [0.4, 0.5) is 0 Å². The van der Waals surface area contributed by atoms with Crippen molar-refractivity contribution in [3.63, 3.8) is 0 Å². The highest BCUT2D eigenvalue weighted by Gasteiger charge is 2.31. The zero-order chi connectivity index (χ0) is 17.8. The Balaban J connectivity index is 1.41. The molecule has 5 nitrogen and oxygen atoms in total. The molecule has 1 aliphatic rings. The lowest BCUT2D eigenvalue weighted by Gasteiger charge is -2.39. The van der Waals surface area contributed by atoms with E-state index in [9.17, 15) is 9.59 Å². The Hall–Kier alpha value is -2.21. The number of aryl methyl sites for hydroxylation is 1. The molecule has 0 radical (unpaired) electrons. The van der Waals surface area contributed by atoms with E-state index in [1.165, 1.54) is 11.0 Å². The summed E-state index contributed by atoms with van der Waals surface area (Å²) in [7, 11) is 1.73. The topological polar surface area (TPSA) is 51.5 Å². The Kier molecular flexibility index (Phi) is 5.48. The molecule has 0 aliphatic carbocycles. The van der Waals surface area contributed by atoms with Gasteiger partial charge in [-0.25, -0.2) is 0 Å². The summed E-state index contributed by atoms with van der Waals surface area (Å²) >= 11 is 1.69. The number of ether oxygens (including phenoxy) is 1. The smallest absolute Gasteiger partial charge is 0.254 e. The Morgan fingerprint density at radius 2 is 1.96 bits per heavy atom. The lowest BCUT2D eigenvalue weighted by molar-refractivity contribution is -0.139. The van der Waals surface area contributed by atoms with Crippen LogP contribution in [0.5, 0.6) is 5.75 Å². The van der Waals surface area contributed by atoms with Crippen molar-refractivity contribution in [3.05, 3.63) is 58.5 Å². The van der Waals surface area contributed by atoms with E-state index in [-0.39, 0.29) is 17.6 Å². The average molecular weight is 358 g/mol. The zero-order valence-electron chi connectivity index (χ0n) is 14.5. The molecule has 0 saturated carbocycles. The minimum atomic E-state index is -0.0832. The molecule has 0 bridgehead atoms. The molecule has 0 spiro atoms. The van der Waals surface area contributed by atoms with Crippen LogP contribution >= 0.6 is 11.8 Å². The largest absolute Gasteiger partial charge is 0.486 e. The van der Waals surface area contributed by atoms with Gasteiger partial charge in [-0.1, -0.05) is 18.2 Å². The summed E-state index contributed by atoms with van der Waals surface area (Å²) in [5, 5.41) is 0. The van der Waals surface area contributed by atoms with Gasteiger partial charge in [0.15, 0.2) is 0 Å². The first kappa shape index (κ1) is 17.6. The van der Waals surface area contributed by atoms with Crippen molar-refractivity contribution >= 4 is 17.7 Å². The molecule has 3 rings (SSSR count). The first-order valence-electron chi connectivity index (χ1n) is 8.33. The number of carbonyl (C=O) groups is 1. The van der Waals surface area contributed by atoms with Crippen molar-refractivity contribution in [2.24, 2.45) is 7.05 Å². The van der Waals surface area contributed by atoms with Crippen molar-refractivity contribution in [1.82, 2.24) is 9.47 Å². The summed E-state index contributed by atoms with van der Waals surface area (Å²) in [6.07, 6.45) is 0.495. The molecule has 1 amide bonds. The second-order valence-corrected chi connectivity index (χ2v) is 7.35. The van der Waals surface area contributed by atoms with Gasteiger partial charge in [0, 0.05) is 35.9 Å². The number of likely N-dealkylation sites (tertiary alicyclic amines) is 1. The SMILES string of the molecule is Cc1cc(OC2CN(C(=O)CCSc3ccccc3)C2)cc(=O)n1C. The van der Waals surface area contributed by atoms with Crippen LogP contribution in [0, 0.1) is 6.92 Å². The second kappa shape index (κ2) is 7.78. The molecule has 6 heteroatoms. The predicted molar refractivity (Wildman–Crippen MR) is 99.2 cm³/mol. The molecule has 1 fully saturated rings. The number of aromatic nitrogens is 1. The van der Waals surface area contributed by atoms with E-state index in [4.69, 9.17) is 4.74 Å². The van der Waals surface area contributed by atoms with E-state index in [2.05, 4.69) is 12.1 Å². The van der Waals surface area contributed by atoms with Gasteiger partial charge in [-0.3, -0.25) is 9.59 Å². The number of hydrogen-bond acceptors (Lipinski definition) is 4. The molecule has 1 aromatic carbocycles. The fraction of sp³-hybridized carbons (Fsp3) is 0.368. The van der Waals surface area contributed by atoms with Crippen molar-refractivity contribution in [3.8, 4) is 5.75 Å². The first-order chi connectivity index (χ1) is 12.0. The average Bonchev–Trinajstić information content (AvgIpc) is 2.56. The number of pyridine rings is 1. The molecule has 1 aliphatic heterocycles. The molecule has 1 saturated heterocycles. The van der Waals surface area contributed by atoms with E-state index in [1.54, 1.807) is 23.4 Å². The summed E-state index contributed by atoms with van der Waals surface area (Å²) in [5.41, 5.74) is 0.771. The molecule has 0 atom stereocenters. The molecule has 2 aromatic rings. The standard InChI is InChI=1S/C19H22N2O3S/c1-14-10-15(11-19(23)20(14)2)24-16-12-21(13-16)18(22)8-9-25-17-6-4-3-5-7-17/h3-7,10-11,16H,8-9,12-13H2,1-2H3. The van der Waals surface area contributed by atoms with Gasteiger partial charge in [-0.15, -0.1) is 11.8 Å². The third-order valence-electron chi connectivity index (χ3n) is 4.31. The van der Waals surface area contributed by atoms with Gasteiger partial charge >= 0.3 is 0 Å². The van der Waals surface area contributed by atoms with Gasteiger partial charge in [0.2, 0.25) is 5.91 Å². The van der Waals surface area contributed by atoms with Crippen LogP contribution in [0.15, 0.2) is 52.2 Å². The molecule has 0 unspecified atom stereocenters. The van der Waals surface area contributed by atoms with Crippen molar-refractivity contribution in [2.75, 3.05) is 18.8 Å². The Morgan fingerprint density at radius 1 is 1.24 bits per heavy atom. The zero-order valence-corrected chi connectivity index (χ0v) is 15.3. The number of amides is 1. The quantitative estimate of drug-likeness (QED) is 0.745. The molecular formula is C19H22N2O3S. The normalized spacial score (nSPS) is 14.2. The minimum Gasteiger partial charge on any atom is -0.486 e. The highest BCUT2D eigenvalue weighted by Crippen LogP contribution is 2.21. The second-order valence-electron chi connectivity index (χ2n) is 6.18. The van der Waals surface area contributed by atoms with Crippen LogP contribution in [0.2, 0.25) is 0 Å². The summed E-state index contributed by atoms with van der Waals surface area (Å²) in [6.45, 7) is 3.04.